The number of hydrogen-bond donors (Lipinski definition) is 1. The number of esters is 2. The van der Waals surface area contributed by atoms with E-state index in [0.717, 1.165) is 22.3 Å². The lowest BCUT2D eigenvalue weighted by Gasteiger charge is -2.20. The highest BCUT2D eigenvalue weighted by atomic mass is 32.2. The molecule has 198 valence electrons. The molecule has 2 aromatic rings. The number of benzene rings is 2. The molecule has 1 aliphatic rings. The Balaban J connectivity index is 1.52. The summed E-state index contributed by atoms with van der Waals surface area (Å²) in [6.45, 7) is 9.23. The Morgan fingerprint density at radius 1 is 1.03 bits per heavy atom. The molecule has 0 aromatic heterocycles. The lowest BCUT2D eigenvalue weighted by atomic mass is 9.98. The number of carbonyl (C=O) groups excluding carboxylic acids is 3. The fraction of sp³-hybridized carbons (Fsp3) is 0.414. The maximum atomic E-state index is 12.7. The van der Waals surface area contributed by atoms with E-state index in [1.807, 2.05) is 57.2 Å². The van der Waals surface area contributed by atoms with Gasteiger partial charge in [-0.15, -0.1) is 0 Å². The van der Waals surface area contributed by atoms with Crippen molar-refractivity contribution in [1.29, 1.82) is 0 Å². The number of hydrogen-bond acceptors (Lipinski definition) is 7. The van der Waals surface area contributed by atoms with Crippen molar-refractivity contribution in [3.63, 3.8) is 0 Å². The van der Waals surface area contributed by atoms with Crippen LogP contribution in [-0.4, -0.2) is 54.4 Å². The largest absolute Gasteiger partial charge is 0.460 e. The van der Waals surface area contributed by atoms with Crippen molar-refractivity contribution in [2.24, 2.45) is 0 Å². The van der Waals surface area contributed by atoms with Crippen LogP contribution in [0, 0.1) is 0 Å². The summed E-state index contributed by atoms with van der Waals surface area (Å²) in [5, 5.41) is 2.65. The normalized spacial score (nSPS) is 13.2. The molecular formula is C29H35NO6S. The van der Waals surface area contributed by atoms with E-state index in [4.69, 9.17) is 14.2 Å². The van der Waals surface area contributed by atoms with Gasteiger partial charge in [-0.25, -0.2) is 9.59 Å². The van der Waals surface area contributed by atoms with Crippen LogP contribution in [0.1, 0.15) is 50.7 Å². The first-order valence-electron chi connectivity index (χ1n) is 12.4. The number of rotatable bonds is 12. The van der Waals surface area contributed by atoms with Gasteiger partial charge in [0.05, 0.1) is 0 Å². The van der Waals surface area contributed by atoms with E-state index in [-0.39, 0.29) is 37.3 Å². The Hall–Kier alpha value is -3.26. The first-order valence-corrected chi connectivity index (χ1v) is 13.5. The van der Waals surface area contributed by atoms with Gasteiger partial charge in [-0.2, -0.15) is 11.8 Å². The minimum absolute atomic E-state index is 0.0466. The van der Waals surface area contributed by atoms with Crippen molar-refractivity contribution in [3.8, 4) is 11.1 Å². The Morgan fingerprint density at radius 3 is 2.24 bits per heavy atom. The second-order valence-electron chi connectivity index (χ2n) is 9.71. The molecule has 0 radical (unpaired) electrons. The fourth-order valence-corrected chi connectivity index (χ4v) is 5.08. The smallest absolute Gasteiger partial charge is 0.407 e. The van der Waals surface area contributed by atoms with Gasteiger partial charge >= 0.3 is 18.0 Å². The Morgan fingerprint density at radius 2 is 1.65 bits per heavy atom. The molecule has 37 heavy (non-hydrogen) atoms. The predicted molar refractivity (Wildman–Crippen MR) is 146 cm³/mol. The summed E-state index contributed by atoms with van der Waals surface area (Å²) in [6.07, 6.45) is 1.67. The standard InChI is InChI=1S/C29H35NO6S/c1-5-16-34-27(32)25(19-37-17-10-15-26(31)36-29(2,3)4)30-28(33)35-18-24-22-13-8-6-11-20(22)21-12-7-9-14-23(21)24/h5-9,11-14,24-25H,1,10,15-19H2,2-4H3,(H,30,33)/t25-/m0/s1. The van der Waals surface area contributed by atoms with Crippen LogP contribution in [-0.2, 0) is 23.8 Å². The molecule has 2 aromatic carbocycles. The molecule has 0 unspecified atom stereocenters. The highest BCUT2D eigenvalue weighted by Gasteiger charge is 2.30. The van der Waals surface area contributed by atoms with Crippen LogP contribution >= 0.6 is 11.8 Å². The van der Waals surface area contributed by atoms with E-state index in [9.17, 15) is 14.4 Å². The van der Waals surface area contributed by atoms with Gasteiger partial charge in [0.25, 0.3) is 0 Å². The van der Waals surface area contributed by atoms with Crippen molar-refractivity contribution in [2.75, 3.05) is 24.7 Å². The quantitative estimate of drug-likeness (QED) is 0.170. The van der Waals surface area contributed by atoms with Crippen molar-refractivity contribution in [2.45, 2.75) is 51.2 Å². The van der Waals surface area contributed by atoms with E-state index in [1.54, 1.807) is 0 Å². The third-order valence-electron chi connectivity index (χ3n) is 5.64. The van der Waals surface area contributed by atoms with Gasteiger partial charge in [-0.1, -0.05) is 61.2 Å². The molecule has 3 rings (SSSR count). The summed E-state index contributed by atoms with van der Waals surface area (Å²) in [5.74, 6) is 0.0112. The van der Waals surface area contributed by atoms with E-state index < -0.39 is 23.7 Å². The third kappa shape index (κ3) is 8.39. The first-order chi connectivity index (χ1) is 17.7. The zero-order chi connectivity index (χ0) is 26.8. The average molecular weight is 526 g/mol. The molecule has 1 atom stereocenters. The molecule has 1 aliphatic carbocycles. The lowest BCUT2D eigenvalue weighted by molar-refractivity contribution is -0.154. The monoisotopic (exact) mass is 525 g/mol. The number of thioether (sulfide) groups is 1. The molecule has 7 nitrogen and oxygen atoms in total. The van der Waals surface area contributed by atoms with E-state index >= 15 is 0 Å². The molecule has 0 spiro atoms. The molecule has 0 bridgehead atoms. The highest BCUT2D eigenvalue weighted by Crippen LogP contribution is 2.44. The number of carbonyl (C=O) groups is 3. The maximum absolute atomic E-state index is 12.7. The minimum atomic E-state index is -0.887. The van der Waals surface area contributed by atoms with Crippen molar-refractivity contribution in [1.82, 2.24) is 5.32 Å². The summed E-state index contributed by atoms with van der Waals surface area (Å²) in [5.41, 5.74) is 3.98. The van der Waals surface area contributed by atoms with Crippen LogP contribution in [0.15, 0.2) is 61.2 Å². The number of ether oxygens (including phenoxy) is 3. The SMILES string of the molecule is C=CCOC(=O)[C@H](CSCCCC(=O)OC(C)(C)C)NC(=O)OCC1c2ccccc2-c2ccccc21. The van der Waals surface area contributed by atoms with Gasteiger partial charge in [0.2, 0.25) is 0 Å². The second-order valence-corrected chi connectivity index (χ2v) is 10.9. The number of amides is 1. The summed E-state index contributed by atoms with van der Waals surface area (Å²) < 4.78 is 16.1. The lowest BCUT2D eigenvalue weighted by Crippen LogP contribution is -2.44. The fourth-order valence-electron chi connectivity index (χ4n) is 4.10. The van der Waals surface area contributed by atoms with Gasteiger partial charge < -0.3 is 19.5 Å². The highest BCUT2D eigenvalue weighted by molar-refractivity contribution is 7.99. The second kappa shape index (κ2) is 13.3. The van der Waals surface area contributed by atoms with Gasteiger partial charge in [-0.05, 0) is 55.2 Å². The molecule has 0 fully saturated rings. The van der Waals surface area contributed by atoms with E-state index in [2.05, 4.69) is 24.0 Å². The molecule has 0 saturated heterocycles. The summed E-state index contributed by atoms with van der Waals surface area (Å²) in [4.78, 5) is 37.1. The van der Waals surface area contributed by atoms with Crippen molar-refractivity contribution >= 4 is 29.8 Å². The Bertz CT molecular complexity index is 1060. The van der Waals surface area contributed by atoms with Crippen LogP contribution < -0.4 is 5.32 Å². The molecular weight excluding hydrogens is 490 g/mol. The summed E-state index contributed by atoms with van der Waals surface area (Å²) >= 11 is 1.45. The zero-order valence-electron chi connectivity index (χ0n) is 21.7. The molecule has 0 aliphatic heterocycles. The van der Waals surface area contributed by atoms with E-state index in [1.165, 1.54) is 17.8 Å². The van der Waals surface area contributed by atoms with Crippen LogP contribution in [0.4, 0.5) is 4.79 Å². The molecule has 1 amide bonds. The summed E-state index contributed by atoms with van der Waals surface area (Å²) in [6, 6.07) is 15.3. The van der Waals surface area contributed by atoms with Crippen LogP contribution in [0.25, 0.3) is 11.1 Å². The number of nitrogens with one attached hydrogen (secondary N) is 1. The minimum Gasteiger partial charge on any atom is -0.460 e. The molecule has 0 saturated carbocycles. The topological polar surface area (TPSA) is 90.9 Å². The number of alkyl carbamates (subject to hydrolysis) is 1. The molecule has 1 N–H and O–H groups in total. The van der Waals surface area contributed by atoms with Crippen LogP contribution in [0.3, 0.4) is 0 Å². The van der Waals surface area contributed by atoms with E-state index in [0.29, 0.717) is 12.2 Å². The van der Waals surface area contributed by atoms with Gasteiger partial charge in [-0.3, -0.25) is 4.79 Å². The zero-order valence-corrected chi connectivity index (χ0v) is 22.5. The first kappa shape index (κ1) is 28.3. The number of fused-ring (bicyclic) bond motifs is 3. The van der Waals surface area contributed by atoms with Gasteiger partial charge in [0.1, 0.15) is 24.9 Å². The molecule has 8 heteroatoms. The van der Waals surface area contributed by atoms with Gasteiger partial charge in [0.15, 0.2) is 0 Å². The van der Waals surface area contributed by atoms with Crippen LogP contribution in [0.5, 0.6) is 0 Å². The van der Waals surface area contributed by atoms with Crippen LogP contribution in [0.2, 0.25) is 0 Å². The predicted octanol–water partition coefficient (Wildman–Crippen LogP) is 5.48. The average Bonchev–Trinajstić information content (AvgIpc) is 3.17. The maximum Gasteiger partial charge on any atom is 0.407 e. The van der Waals surface area contributed by atoms with Crippen molar-refractivity contribution in [3.05, 3.63) is 72.3 Å². The molecule has 0 heterocycles. The Labute approximate surface area is 222 Å². The Kier molecular flexibility index (Phi) is 10.2. The van der Waals surface area contributed by atoms with Gasteiger partial charge in [0, 0.05) is 18.1 Å². The third-order valence-corrected chi connectivity index (χ3v) is 6.78. The van der Waals surface area contributed by atoms with Crippen molar-refractivity contribution < 1.29 is 28.6 Å². The summed E-state index contributed by atoms with van der Waals surface area (Å²) in [7, 11) is 0.